The summed E-state index contributed by atoms with van der Waals surface area (Å²) >= 11 is 6.13. The molecule has 1 aromatic heterocycles. The van der Waals surface area contributed by atoms with Gasteiger partial charge in [-0.2, -0.15) is 0 Å². The Morgan fingerprint density at radius 1 is 1.39 bits per heavy atom. The van der Waals surface area contributed by atoms with E-state index in [-0.39, 0.29) is 6.10 Å². The summed E-state index contributed by atoms with van der Waals surface area (Å²) in [5.41, 5.74) is 1.21. The van der Waals surface area contributed by atoms with Crippen LogP contribution in [0.25, 0.3) is 11.5 Å². The molecular formula is C16H13ClN2O4. The molecule has 2 aromatic rings. The van der Waals surface area contributed by atoms with Crippen LogP contribution in [-0.4, -0.2) is 28.9 Å². The first-order chi connectivity index (χ1) is 11.0. The normalized spacial score (nSPS) is 19.2. The third kappa shape index (κ3) is 3.42. The van der Waals surface area contributed by atoms with Crippen LogP contribution in [-0.2, 0) is 14.3 Å². The molecule has 1 atom stereocenters. The Morgan fingerprint density at radius 2 is 2.22 bits per heavy atom. The van der Waals surface area contributed by atoms with Crippen molar-refractivity contribution >= 4 is 17.9 Å². The number of ether oxygens (including phenoxy) is 2. The maximum Gasteiger partial charge on any atom is 0.248 e. The smallest absolute Gasteiger partial charge is 0.248 e. The lowest BCUT2D eigenvalue weighted by Gasteiger charge is -2.15. The van der Waals surface area contributed by atoms with E-state index in [0.717, 1.165) is 0 Å². The quantitative estimate of drug-likeness (QED) is 0.622. The molecule has 0 aliphatic carbocycles. The zero-order chi connectivity index (χ0) is 16.4. The first-order valence-corrected chi connectivity index (χ1v) is 7.26. The van der Waals surface area contributed by atoms with E-state index in [2.05, 4.69) is 22.0 Å². The van der Waals surface area contributed by atoms with Gasteiger partial charge in [-0.3, -0.25) is 4.79 Å². The standard InChI is InChI=1S/C16H13ClN2O4/c1-16(2)21-9-13(23-16)15-19-18-14(22-15)11-6-5-10(4-3-7-20)12(17)8-11/h5-8,13H,9H2,1-2H3/t13-/m1/s1. The summed E-state index contributed by atoms with van der Waals surface area (Å²) in [6, 6.07) is 5.09. The van der Waals surface area contributed by atoms with Gasteiger partial charge in [-0.05, 0) is 38.0 Å². The number of aromatic nitrogens is 2. The molecule has 1 aliphatic rings. The number of rotatable bonds is 2. The summed E-state index contributed by atoms with van der Waals surface area (Å²) in [5.74, 6) is 4.98. The fourth-order valence-electron chi connectivity index (χ4n) is 2.15. The summed E-state index contributed by atoms with van der Waals surface area (Å²) in [7, 11) is 0. The second-order valence-corrected chi connectivity index (χ2v) is 5.75. The van der Waals surface area contributed by atoms with Gasteiger partial charge in [0.15, 0.2) is 18.2 Å². The molecule has 6 nitrogen and oxygen atoms in total. The number of halogens is 1. The van der Waals surface area contributed by atoms with Crippen molar-refractivity contribution in [3.8, 4) is 23.3 Å². The predicted molar refractivity (Wildman–Crippen MR) is 81.5 cm³/mol. The van der Waals surface area contributed by atoms with Gasteiger partial charge in [0.05, 0.1) is 11.6 Å². The average molecular weight is 333 g/mol. The highest BCUT2D eigenvalue weighted by molar-refractivity contribution is 6.32. The van der Waals surface area contributed by atoms with Crippen LogP contribution in [0.5, 0.6) is 0 Å². The molecule has 1 saturated heterocycles. The van der Waals surface area contributed by atoms with Crippen molar-refractivity contribution in [2.75, 3.05) is 6.61 Å². The molecule has 0 bridgehead atoms. The van der Waals surface area contributed by atoms with Crippen LogP contribution in [0.4, 0.5) is 0 Å². The molecule has 1 fully saturated rings. The molecular weight excluding hydrogens is 320 g/mol. The summed E-state index contributed by atoms with van der Waals surface area (Å²) in [6.07, 6.45) is 0.124. The Balaban J connectivity index is 1.83. The van der Waals surface area contributed by atoms with Crippen LogP contribution in [0.1, 0.15) is 31.4 Å². The molecule has 0 spiro atoms. The average Bonchev–Trinajstić information content (AvgIpc) is 3.12. The van der Waals surface area contributed by atoms with Gasteiger partial charge in [-0.15, -0.1) is 10.2 Å². The maximum atomic E-state index is 10.3. The summed E-state index contributed by atoms with van der Waals surface area (Å²) in [4.78, 5) is 10.3. The van der Waals surface area contributed by atoms with Crippen molar-refractivity contribution < 1.29 is 18.7 Å². The zero-order valence-corrected chi connectivity index (χ0v) is 13.3. The maximum absolute atomic E-state index is 10.3. The molecule has 0 radical (unpaired) electrons. The Kier molecular flexibility index (Phi) is 4.18. The van der Waals surface area contributed by atoms with E-state index in [1.165, 1.54) is 0 Å². The monoisotopic (exact) mass is 332 g/mol. The molecule has 23 heavy (non-hydrogen) atoms. The van der Waals surface area contributed by atoms with Crippen molar-refractivity contribution in [2.24, 2.45) is 0 Å². The lowest BCUT2D eigenvalue weighted by atomic mass is 10.1. The number of hydrogen-bond donors (Lipinski definition) is 0. The topological polar surface area (TPSA) is 74.5 Å². The van der Waals surface area contributed by atoms with Gasteiger partial charge in [0.2, 0.25) is 11.8 Å². The molecule has 7 heteroatoms. The Morgan fingerprint density at radius 3 is 2.87 bits per heavy atom. The Labute approximate surface area is 137 Å². The summed E-state index contributed by atoms with van der Waals surface area (Å²) < 4.78 is 16.8. The van der Waals surface area contributed by atoms with E-state index in [0.29, 0.717) is 40.8 Å². The minimum Gasteiger partial charge on any atom is -0.418 e. The molecule has 2 heterocycles. The summed E-state index contributed by atoms with van der Waals surface area (Å²) in [5, 5.41) is 8.41. The Bertz CT molecular complexity index is 804. The SMILES string of the molecule is CC1(C)OC[C@H](c2nnc(-c3ccc(C#CC=O)c(Cl)c3)o2)O1. The minimum absolute atomic E-state index is 0.324. The van der Waals surface area contributed by atoms with Crippen LogP contribution < -0.4 is 0 Å². The number of nitrogens with zero attached hydrogens (tertiary/aromatic N) is 2. The van der Waals surface area contributed by atoms with Gasteiger partial charge in [0, 0.05) is 11.1 Å². The van der Waals surface area contributed by atoms with Crippen molar-refractivity contribution in [3.05, 3.63) is 34.7 Å². The van der Waals surface area contributed by atoms with Gasteiger partial charge < -0.3 is 13.9 Å². The van der Waals surface area contributed by atoms with E-state index >= 15 is 0 Å². The lowest BCUT2D eigenvalue weighted by molar-refractivity contribution is -0.141. The van der Waals surface area contributed by atoms with Crippen LogP contribution in [0.2, 0.25) is 5.02 Å². The number of carbonyl (C=O) groups is 1. The molecule has 1 aromatic carbocycles. The third-order valence-corrected chi connectivity index (χ3v) is 3.52. The van der Waals surface area contributed by atoms with Crippen LogP contribution in [0.15, 0.2) is 22.6 Å². The van der Waals surface area contributed by atoms with E-state index in [4.69, 9.17) is 25.5 Å². The molecule has 0 amide bonds. The second-order valence-electron chi connectivity index (χ2n) is 5.34. The van der Waals surface area contributed by atoms with Gasteiger partial charge in [-0.25, -0.2) is 0 Å². The third-order valence-electron chi connectivity index (χ3n) is 3.21. The van der Waals surface area contributed by atoms with Gasteiger partial charge in [0.1, 0.15) is 0 Å². The number of carbonyl (C=O) groups excluding carboxylic acids is 1. The van der Waals surface area contributed by atoms with Crippen molar-refractivity contribution in [2.45, 2.75) is 25.7 Å². The molecule has 118 valence electrons. The first kappa shape index (κ1) is 15.7. The first-order valence-electron chi connectivity index (χ1n) is 6.89. The second kappa shape index (κ2) is 6.13. The largest absolute Gasteiger partial charge is 0.418 e. The van der Waals surface area contributed by atoms with Crippen LogP contribution in [0, 0.1) is 11.8 Å². The number of benzene rings is 1. The fourth-order valence-corrected chi connectivity index (χ4v) is 2.37. The zero-order valence-electron chi connectivity index (χ0n) is 12.5. The number of aldehydes is 1. The molecule has 3 rings (SSSR count). The van der Waals surface area contributed by atoms with Crippen molar-refractivity contribution in [1.82, 2.24) is 10.2 Å². The van der Waals surface area contributed by atoms with E-state index < -0.39 is 5.79 Å². The van der Waals surface area contributed by atoms with E-state index in [1.807, 2.05) is 13.8 Å². The van der Waals surface area contributed by atoms with Crippen molar-refractivity contribution in [1.29, 1.82) is 0 Å². The van der Waals surface area contributed by atoms with Crippen LogP contribution >= 0.6 is 11.6 Å². The van der Waals surface area contributed by atoms with E-state index in [9.17, 15) is 4.79 Å². The summed E-state index contributed by atoms with van der Waals surface area (Å²) in [6.45, 7) is 4.00. The molecule has 0 N–H and O–H groups in total. The highest BCUT2D eigenvalue weighted by Crippen LogP contribution is 2.33. The highest BCUT2D eigenvalue weighted by Gasteiger charge is 2.36. The highest BCUT2D eigenvalue weighted by atomic mass is 35.5. The Hall–Kier alpha value is -2.20. The van der Waals surface area contributed by atoms with E-state index in [1.54, 1.807) is 18.2 Å². The van der Waals surface area contributed by atoms with Gasteiger partial charge in [-0.1, -0.05) is 17.5 Å². The molecule has 0 saturated carbocycles. The molecule has 0 unspecified atom stereocenters. The number of hydrogen-bond acceptors (Lipinski definition) is 6. The fraction of sp³-hybridized carbons (Fsp3) is 0.312. The van der Waals surface area contributed by atoms with Crippen LogP contribution in [0.3, 0.4) is 0 Å². The minimum atomic E-state index is -0.665. The predicted octanol–water partition coefficient (Wildman–Crippen LogP) is 2.76. The van der Waals surface area contributed by atoms with Crippen molar-refractivity contribution in [3.63, 3.8) is 0 Å². The lowest BCUT2D eigenvalue weighted by Crippen LogP contribution is -2.19. The molecule has 1 aliphatic heterocycles. The van der Waals surface area contributed by atoms with Gasteiger partial charge in [0.25, 0.3) is 0 Å². The van der Waals surface area contributed by atoms with Gasteiger partial charge >= 0.3 is 0 Å².